The van der Waals surface area contributed by atoms with Crippen LogP contribution in [0.25, 0.3) is 0 Å². The van der Waals surface area contributed by atoms with Crippen molar-refractivity contribution in [2.75, 3.05) is 6.61 Å². The highest BCUT2D eigenvalue weighted by Crippen LogP contribution is 2.42. The van der Waals surface area contributed by atoms with Gasteiger partial charge in [0, 0.05) is 12.0 Å². The third-order valence-corrected chi connectivity index (χ3v) is 4.80. The molecule has 124 valence electrons. The highest BCUT2D eigenvalue weighted by Gasteiger charge is 2.52. The maximum atomic E-state index is 12.6. The molecule has 5 heteroatoms. The summed E-state index contributed by atoms with van der Waals surface area (Å²) in [5.41, 5.74) is 1.000. The van der Waals surface area contributed by atoms with Gasteiger partial charge in [-0.3, -0.25) is 14.9 Å². The van der Waals surface area contributed by atoms with Gasteiger partial charge in [-0.15, -0.1) is 0 Å². The van der Waals surface area contributed by atoms with Crippen LogP contribution in [0.3, 0.4) is 0 Å². The third kappa shape index (κ3) is 3.11. The molecular weight excluding hydrogens is 294 g/mol. The van der Waals surface area contributed by atoms with Gasteiger partial charge in [-0.1, -0.05) is 30.3 Å². The van der Waals surface area contributed by atoms with E-state index >= 15 is 0 Å². The van der Waals surface area contributed by atoms with Crippen LogP contribution in [-0.2, 0) is 19.1 Å². The fourth-order valence-electron chi connectivity index (χ4n) is 3.74. The number of carbonyl (C=O) groups excluding carboxylic acids is 2. The lowest BCUT2D eigenvalue weighted by molar-refractivity contribution is -0.150. The van der Waals surface area contributed by atoms with Crippen molar-refractivity contribution >= 4 is 11.9 Å². The summed E-state index contributed by atoms with van der Waals surface area (Å²) in [6.45, 7) is 4.04. The topological polar surface area (TPSA) is 64.6 Å². The van der Waals surface area contributed by atoms with Crippen LogP contribution in [0.2, 0.25) is 0 Å². The Bertz CT molecular complexity index is 574. The van der Waals surface area contributed by atoms with Crippen molar-refractivity contribution in [2.45, 2.75) is 44.9 Å². The average molecular weight is 317 g/mol. The molecule has 0 radical (unpaired) electrons. The van der Waals surface area contributed by atoms with Gasteiger partial charge in [-0.2, -0.15) is 0 Å². The third-order valence-electron chi connectivity index (χ3n) is 4.80. The van der Waals surface area contributed by atoms with Gasteiger partial charge < -0.3 is 9.47 Å². The molecule has 2 saturated heterocycles. The number of nitrogens with one attached hydrogen (secondary N) is 1. The van der Waals surface area contributed by atoms with Crippen molar-refractivity contribution in [3.05, 3.63) is 35.9 Å². The summed E-state index contributed by atoms with van der Waals surface area (Å²) in [4.78, 5) is 24.9. The van der Waals surface area contributed by atoms with Crippen molar-refractivity contribution in [1.29, 1.82) is 0 Å². The fraction of sp³-hybridized carbons (Fsp3) is 0.556. The zero-order valence-electron chi connectivity index (χ0n) is 13.5. The Hall–Kier alpha value is -1.88. The molecule has 0 spiro atoms. The Labute approximate surface area is 136 Å². The van der Waals surface area contributed by atoms with Crippen molar-refractivity contribution in [1.82, 2.24) is 5.32 Å². The van der Waals surface area contributed by atoms with E-state index in [4.69, 9.17) is 9.47 Å². The summed E-state index contributed by atoms with van der Waals surface area (Å²) < 4.78 is 10.7. The number of esters is 2. The highest BCUT2D eigenvalue weighted by molar-refractivity contribution is 5.82. The zero-order chi connectivity index (χ0) is 16.4. The molecule has 0 aliphatic carbocycles. The second kappa shape index (κ2) is 6.71. The molecule has 0 unspecified atom stereocenters. The first-order chi connectivity index (χ1) is 11.1. The van der Waals surface area contributed by atoms with Crippen LogP contribution in [0.5, 0.6) is 0 Å². The smallest absolute Gasteiger partial charge is 0.323 e. The van der Waals surface area contributed by atoms with E-state index in [0.717, 1.165) is 18.4 Å². The number of cyclic esters (lactones) is 1. The lowest BCUT2D eigenvalue weighted by Gasteiger charge is -2.22. The first-order valence-corrected chi connectivity index (χ1v) is 8.30. The molecule has 23 heavy (non-hydrogen) atoms. The van der Waals surface area contributed by atoms with Crippen LogP contribution in [0.1, 0.15) is 38.3 Å². The molecule has 2 heterocycles. The lowest BCUT2D eigenvalue weighted by atomic mass is 9.81. The van der Waals surface area contributed by atoms with Gasteiger partial charge in [0.05, 0.1) is 18.6 Å². The van der Waals surface area contributed by atoms with Gasteiger partial charge in [0.1, 0.15) is 6.04 Å². The average Bonchev–Trinajstić information content (AvgIpc) is 2.87. The van der Waals surface area contributed by atoms with Gasteiger partial charge >= 0.3 is 11.9 Å². The Kier molecular flexibility index (Phi) is 4.66. The minimum Gasteiger partial charge on any atom is -0.466 e. The molecule has 5 nitrogen and oxygen atoms in total. The van der Waals surface area contributed by atoms with Gasteiger partial charge in [-0.25, -0.2) is 0 Å². The van der Waals surface area contributed by atoms with Crippen LogP contribution < -0.4 is 5.32 Å². The number of benzene rings is 1. The van der Waals surface area contributed by atoms with E-state index in [0.29, 0.717) is 6.61 Å². The minimum absolute atomic E-state index is 0.0864. The summed E-state index contributed by atoms with van der Waals surface area (Å²) in [5.74, 6) is -0.937. The molecule has 2 aliphatic rings. The molecule has 0 bridgehead atoms. The van der Waals surface area contributed by atoms with Gasteiger partial charge in [0.25, 0.3) is 0 Å². The Morgan fingerprint density at radius 2 is 2.00 bits per heavy atom. The molecule has 0 amide bonds. The molecule has 5 atom stereocenters. The second-order valence-electron chi connectivity index (χ2n) is 6.30. The van der Waals surface area contributed by atoms with E-state index in [-0.39, 0.29) is 35.9 Å². The summed E-state index contributed by atoms with van der Waals surface area (Å²) in [6.07, 6.45) is 1.44. The van der Waals surface area contributed by atoms with Crippen LogP contribution in [-0.4, -0.2) is 30.7 Å². The zero-order valence-corrected chi connectivity index (χ0v) is 13.5. The van der Waals surface area contributed by atoms with E-state index < -0.39 is 6.04 Å². The maximum Gasteiger partial charge on any atom is 0.323 e. The molecule has 1 aromatic carbocycles. The van der Waals surface area contributed by atoms with Gasteiger partial charge in [0.15, 0.2) is 0 Å². The van der Waals surface area contributed by atoms with Crippen LogP contribution in [0.15, 0.2) is 30.3 Å². The van der Waals surface area contributed by atoms with E-state index in [2.05, 4.69) is 5.32 Å². The van der Waals surface area contributed by atoms with E-state index in [1.54, 1.807) is 6.92 Å². The summed E-state index contributed by atoms with van der Waals surface area (Å²) in [7, 11) is 0. The van der Waals surface area contributed by atoms with Crippen LogP contribution in [0, 0.1) is 11.8 Å². The standard InChI is InChI=1S/C18H23NO4/c1-3-22-17(20)14-13-10-9-11(2)23-18(21)16(13)19-15(14)12-7-5-4-6-8-12/h4-8,11,13-16,19H,3,9-10H2,1-2H3/t11-,13-,14-,15-,16-/m0/s1. The number of ether oxygens (including phenoxy) is 2. The SMILES string of the molecule is CCOC(=O)[C@H]1[C@@H]2CC[C@H](C)OC(=O)[C@H]2N[C@H]1c1ccccc1. The maximum absolute atomic E-state index is 12.6. The van der Waals surface area contributed by atoms with E-state index in [1.807, 2.05) is 37.3 Å². The number of rotatable bonds is 3. The molecular formula is C18H23NO4. The highest BCUT2D eigenvalue weighted by atomic mass is 16.5. The van der Waals surface area contributed by atoms with Crippen molar-refractivity contribution in [3.8, 4) is 0 Å². The number of hydrogen-bond donors (Lipinski definition) is 1. The molecule has 1 aromatic rings. The lowest BCUT2D eigenvalue weighted by Crippen LogP contribution is -2.37. The molecule has 0 aromatic heterocycles. The van der Waals surface area contributed by atoms with Crippen LogP contribution in [0.4, 0.5) is 0 Å². The number of fused-ring (bicyclic) bond motifs is 1. The first-order valence-electron chi connectivity index (χ1n) is 8.30. The molecule has 3 rings (SSSR count). The Balaban J connectivity index is 1.94. The summed E-state index contributed by atoms with van der Waals surface area (Å²) in [5, 5.41) is 3.33. The van der Waals surface area contributed by atoms with Crippen molar-refractivity contribution in [2.24, 2.45) is 11.8 Å². The molecule has 2 fully saturated rings. The Morgan fingerprint density at radius 3 is 2.70 bits per heavy atom. The van der Waals surface area contributed by atoms with E-state index in [9.17, 15) is 9.59 Å². The normalized spacial score (nSPS) is 33.5. The van der Waals surface area contributed by atoms with E-state index in [1.165, 1.54) is 0 Å². The summed E-state index contributed by atoms with van der Waals surface area (Å²) >= 11 is 0. The molecule has 1 N–H and O–H groups in total. The number of hydrogen-bond acceptors (Lipinski definition) is 5. The Morgan fingerprint density at radius 1 is 1.26 bits per heavy atom. The fourth-order valence-corrected chi connectivity index (χ4v) is 3.74. The quantitative estimate of drug-likeness (QED) is 0.866. The van der Waals surface area contributed by atoms with Gasteiger partial charge in [0.2, 0.25) is 0 Å². The van der Waals surface area contributed by atoms with Gasteiger partial charge in [-0.05, 0) is 32.3 Å². The predicted molar refractivity (Wildman–Crippen MR) is 84.5 cm³/mol. The van der Waals surface area contributed by atoms with Crippen molar-refractivity contribution < 1.29 is 19.1 Å². The van der Waals surface area contributed by atoms with Crippen molar-refractivity contribution in [3.63, 3.8) is 0 Å². The summed E-state index contributed by atoms with van der Waals surface area (Å²) in [6, 6.07) is 9.10. The number of carbonyl (C=O) groups is 2. The largest absolute Gasteiger partial charge is 0.466 e. The molecule has 0 saturated carbocycles. The first kappa shape index (κ1) is 16.0. The monoisotopic (exact) mass is 317 g/mol. The minimum atomic E-state index is -0.445. The molecule has 2 aliphatic heterocycles. The predicted octanol–water partition coefficient (Wildman–Crippen LogP) is 2.22. The second-order valence-corrected chi connectivity index (χ2v) is 6.30. The van der Waals surface area contributed by atoms with Crippen LogP contribution >= 0.6 is 0 Å².